The number of rotatable bonds is 6. The first-order chi connectivity index (χ1) is 9.97. The van der Waals surface area contributed by atoms with Crippen LogP contribution >= 0.6 is 23.4 Å². The average Bonchev–Trinajstić information content (AvgIpc) is 2.87. The third-order valence-corrected chi connectivity index (χ3v) is 6.78. The molecule has 118 valence electrons. The molecular formula is C14H21ClN2O2S2. The molecule has 0 aromatic heterocycles. The number of hydrogen-bond acceptors (Lipinski definition) is 4. The summed E-state index contributed by atoms with van der Waals surface area (Å²) in [7, 11) is -1.69. The molecule has 21 heavy (non-hydrogen) atoms. The molecule has 7 heteroatoms. The van der Waals surface area contributed by atoms with Crippen molar-refractivity contribution in [3.05, 3.63) is 28.8 Å². The lowest BCUT2D eigenvalue weighted by molar-refractivity contribution is 0.555. The Kier molecular flexibility index (Phi) is 5.96. The number of nitrogens with one attached hydrogen (secondary N) is 2. The van der Waals surface area contributed by atoms with Gasteiger partial charge in [-0.2, -0.15) is 11.8 Å². The maximum atomic E-state index is 12.5. The Morgan fingerprint density at radius 2 is 2.14 bits per heavy atom. The lowest BCUT2D eigenvalue weighted by Crippen LogP contribution is -2.38. The number of halogens is 1. The van der Waals surface area contributed by atoms with Crippen molar-refractivity contribution in [2.75, 3.05) is 13.3 Å². The van der Waals surface area contributed by atoms with E-state index in [-0.39, 0.29) is 10.9 Å². The SMILES string of the molecule is CNCc1cc(S(=O)(=O)NC2CCCC2SC)ccc1Cl. The Labute approximate surface area is 136 Å². The Morgan fingerprint density at radius 3 is 2.81 bits per heavy atom. The molecule has 2 N–H and O–H groups in total. The van der Waals surface area contributed by atoms with E-state index in [0.29, 0.717) is 16.8 Å². The second kappa shape index (κ2) is 7.33. The number of thioether (sulfide) groups is 1. The van der Waals surface area contributed by atoms with Crippen LogP contribution in [-0.4, -0.2) is 33.0 Å². The van der Waals surface area contributed by atoms with Crippen molar-refractivity contribution in [1.29, 1.82) is 0 Å². The largest absolute Gasteiger partial charge is 0.316 e. The van der Waals surface area contributed by atoms with Crippen molar-refractivity contribution in [2.24, 2.45) is 0 Å². The number of benzene rings is 1. The first-order valence-electron chi connectivity index (χ1n) is 6.96. The van der Waals surface area contributed by atoms with Crippen molar-refractivity contribution >= 4 is 33.4 Å². The molecule has 1 fully saturated rings. The number of sulfonamides is 1. The highest BCUT2D eigenvalue weighted by Crippen LogP contribution is 2.30. The quantitative estimate of drug-likeness (QED) is 0.829. The smallest absolute Gasteiger partial charge is 0.240 e. The lowest BCUT2D eigenvalue weighted by Gasteiger charge is -2.19. The van der Waals surface area contributed by atoms with Crippen molar-refractivity contribution in [3.8, 4) is 0 Å². The van der Waals surface area contributed by atoms with Crippen LogP contribution in [-0.2, 0) is 16.6 Å². The molecular weight excluding hydrogens is 328 g/mol. The van der Waals surface area contributed by atoms with Crippen LogP contribution in [0.15, 0.2) is 23.1 Å². The van der Waals surface area contributed by atoms with Crippen LogP contribution in [0.4, 0.5) is 0 Å². The van der Waals surface area contributed by atoms with Crippen LogP contribution in [0.2, 0.25) is 5.02 Å². The molecule has 0 amide bonds. The molecule has 1 saturated carbocycles. The van der Waals surface area contributed by atoms with Crippen molar-refractivity contribution in [3.63, 3.8) is 0 Å². The first kappa shape index (κ1) is 17.1. The minimum Gasteiger partial charge on any atom is -0.316 e. The van der Waals surface area contributed by atoms with Crippen LogP contribution in [0.5, 0.6) is 0 Å². The van der Waals surface area contributed by atoms with Crippen molar-refractivity contribution in [1.82, 2.24) is 10.0 Å². The first-order valence-corrected chi connectivity index (χ1v) is 10.1. The van der Waals surface area contributed by atoms with E-state index in [1.165, 1.54) is 0 Å². The van der Waals surface area contributed by atoms with E-state index >= 15 is 0 Å². The molecule has 0 heterocycles. The minimum absolute atomic E-state index is 0.0217. The Balaban J connectivity index is 2.21. The maximum absolute atomic E-state index is 12.5. The molecule has 2 unspecified atom stereocenters. The van der Waals surface area contributed by atoms with Gasteiger partial charge in [0.2, 0.25) is 10.0 Å². The maximum Gasteiger partial charge on any atom is 0.240 e. The van der Waals surface area contributed by atoms with Crippen LogP contribution < -0.4 is 10.0 Å². The van der Waals surface area contributed by atoms with Gasteiger partial charge in [-0.1, -0.05) is 18.0 Å². The van der Waals surface area contributed by atoms with Crippen LogP contribution in [0.1, 0.15) is 24.8 Å². The highest BCUT2D eigenvalue weighted by atomic mass is 35.5. The van der Waals surface area contributed by atoms with E-state index in [1.807, 2.05) is 6.26 Å². The van der Waals surface area contributed by atoms with Crippen molar-refractivity contribution < 1.29 is 8.42 Å². The summed E-state index contributed by atoms with van der Waals surface area (Å²) in [6.45, 7) is 0.541. The normalized spacial score (nSPS) is 22.6. The zero-order valence-electron chi connectivity index (χ0n) is 12.2. The van der Waals surface area contributed by atoms with Gasteiger partial charge in [0.05, 0.1) is 4.90 Å². The molecule has 4 nitrogen and oxygen atoms in total. The summed E-state index contributed by atoms with van der Waals surface area (Å²) in [5.41, 5.74) is 0.787. The molecule has 2 atom stereocenters. The topological polar surface area (TPSA) is 58.2 Å². The van der Waals surface area contributed by atoms with Gasteiger partial charge in [-0.05, 0) is 49.9 Å². The predicted molar refractivity (Wildman–Crippen MR) is 89.5 cm³/mol. The van der Waals surface area contributed by atoms with E-state index < -0.39 is 10.0 Å². The molecule has 1 aromatic carbocycles. The van der Waals surface area contributed by atoms with E-state index in [2.05, 4.69) is 10.0 Å². The molecule has 0 aliphatic heterocycles. The summed E-state index contributed by atoms with van der Waals surface area (Å²) in [6.07, 6.45) is 5.08. The second-order valence-electron chi connectivity index (χ2n) is 5.22. The molecule has 0 radical (unpaired) electrons. The van der Waals surface area contributed by atoms with Gasteiger partial charge in [-0.25, -0.2) is 13.1 Å². The van der Waals surface area contributed by atoms with Gasteiger partial charge in [-0.3, -0.25) is 0 Å². The fraction of sp³-hybridized carbons (Fsp3) is 0.571. The molecule has 1 aliphatic rings. The van der Waals surface area contributed by atoms with Crippen molar-refractivity contribution in [2.45, 2.75) is 42.0 Å². The molecule has 1 aliphatic carbocycles. The molecule has 1 aromatic rings. The zero-order valence-corrected chi connectivity index (χ0v) is 14.6. The third-order valence-electron chi connectivity index (χ3n) is 3.76. The standard InChI is InChI=1S/C14H21ClN2O2S2/c1-16-9-10-8-11(6-7-12(10)15)21(18,19)17-13-4-3-5-14(13)20-2/h6-8,13-14,16-17H,3-5,9H2,1-2H3. The molecule has 0 bridgehead atoms. The van der Waals surface area contributed by atoms with Gasteiger partial charge < -0.3 is 5.32 Å². The van der Waals surface area contributed by atoms with Gasteiger partial charge in [0.15, 0.2) is 0 Å². The van der Waals surface area contributed by atoms with Crippen LogP contribution in [0.3, 0.4) is 0 Å². The zero-order chi connectivity index (χ0) is 15.5. The fourth-order valence-electron chi connectivity index (χ4n) is 2.65. The molecule has 0 saturated heterocycles. The fourth-order valence-corrected chi connectivity index (χ4v) is 5.22. The summed E-state index contributed by atoms with van der Waals surface area (Å²) in [4.78, 5) is 0.281. The van der Waals surface area contributed by atoms with Gasteiger partial charge >= 0.3 is 0 Å². The van der Waals surface area contributed by atoms with Gasteiger partial charge in [0.25, 0.3) is 0 Å². The predicted octanol–water partition coefficient (Wildman–Crippen LogP) is 2.62. The van der Waals surface area contributed by atoms with Gasteiger partial charge in [0.1, 0.15) is 0 Å². The van der Waals surface area contributed by atoms with E-state index in [9.17, 15) is 8.42 Å². The molecule has 2 rings (SSSR count). The lowest BCUT2D eigenvalue weighted by atomic mass is 10.2. The van der Waals surface area contributed by atoms with Crippen LogP contribution in [0.25, 0.3) is 0 Å². The average molecular weight is 349 g/mol. The minimum atomic E-state index is -3.49. The van der Waals surface area contributed by atoms with Gasteiger partial charge in [0, 0.05) is 22.9 Å². The Morgan fingerprint density at radius 1 is 1.38 bits per heavy atom. The summed E-state index contributed by atoms with van der Waals surface area (Å²) >= 11 is 7.81. The summed E-state index contributed by atoms with van der Waals surface area (Å²) < 4.78 is 27.9. The van der Waals surface area contributed by atoms with E-state index in [1.54, 1.807) is 37.0 Å². The third kappa shape index (κ3) is 4.13. The Bertz CT molecular complexity index is 593. The highest BCUT2D eigenvalue weighted by molar-refractivity contribution is 7.99. The van der Waals surface area contributed by atoms with Gasteiger partial charge in [-0.15, -0.1) is 0 Å². The van der Waals surface area contributed by atoms with E-state index in [0.717, 1.165) is 24.8 Å². The summed E-state index contributed by atoms with van der Waals surface area (Å²) in [5.74, 6) is 0. The number of hydrogen-bond donors (Lipinski definition) is 2. The summed E-state index contributed by atoms with van der Waals surface area (Å²) in [6, 6.07) is 4.87. The van der Waals surface area contributed by atoms with E-state index in [4.69, 9.17) is 11.6 Å². The highest BCUT2D eigenvalue weighted by Gasteiger charge is 2.30. The monoisotopic (exact) mass is 348 g/mol. The van der Waals surface area contributed by atoms with Crippen LogP contribution in [0, 0.1) is 0 Å². The Hall–Kier alpha value is -0.270. The second-order valence-corrected chi connectivity index (χ2v) is 8.41. The molecule has 0 spiro atoms. The summed E-state index contributed by atoms with van der Waals surface area (Å²) in [5, 5.41) is 3.93.